The van der Waals surface area contributed by atoms with Crippen molar-refractivity contribution in [1.82, 2.24) is 14.5 Å². The van der Waals surface area contributed by atoms with Crippen LogP contribution in [-0.4, -0.2) is 67.2 Å². The summed E-state index contributed by atoms with van der Waals surface area (Å²) < 4.78 is 38.0. The van der Waals surface area contributed by atoms with Gasteiger partial charge in [-0.1, -0.05) is 24.3 Å². The molecule has 4 rings (SSSR count). The molecular formula is C23H24N4O7S. The predicted octanol–water partition coefficient (Wildman–Crippen LogP) is 1.44. The summed E-state index contributed by atoms with van der Waals surface area (Å²) >= 11 is 0. The Morgan fingerprint density at radius 2 is 1.83 bits per heavy atom. The van der Waals surface area contributed by atoms with Crippen LogP contribution in [0.3, 0.4) is 0 Å². The number of rotatable bonds is 6. The maximum atomic E-state index is 13.1. The Bertz CT molecular complexity index is 1450. The number of nitrogens with zero attached hydrogens (tertiary/aromatic N) is 2. The van der Waals surface area contributed by atoms with E-state index in [1.807, 2.05) is 0 Å². The number of ether oxygens (including phenoxy) is 2. The molecule has 1 amide bonds. The van der Waals surface area contributed by atoms with Crippen molar-refractivity contribution in [2.45, 2.75) is 24.8 Å². The van der Waals surface area contributed by atoms with Crippen LogP contribution < -0.4 is 10.9 Å². The fourth-order valence-corrected chi connectivity index (χ4v) is 5.32. The molecule has 1 fully saturated rings. The molecule has 0 unspecified atom stereocenters. The first kappa shape index (κ1) is 24.5. The third kappa shape index (κ3) is 5.09. The molecule has 0 saturated carbocycles. The van der Waals surface area contributed by atoms with Crippen molar-refractivity contribution in [3.63, 3.8) is 0 Å². The molecule has 0 spiro atoms. The van der Waals surface area contributed by atoms with Crippen molar-refractivity contribution >= 4 is 38.4 Å². The van der Waals surface area contributed by atoms with Gasteiger partial charge in [-0.15, -0.1) is 0 Å². The molecule has 1 aromatic heterocycles. The number of benzene rings is 2. The third-order valence-corrected chi connectivity index (χ3v) is 7.63. The lowest BCUT2D eigenvalue weighted by Crippen LogP contribution is -2.40. The van der Waals surface area contributed by atoms with Gasteiger partial charge in [-0.25, -0.2) is 18.3 Å². The van der Waals surface area contributed by atoms with Gasteiger partial charge < -0.3 is 14.8 Å². The molecule has 184 valence electrons. The molecule has 0 aliphatic carbocycles. The summed E-state index contributed by atoms with van der Waals surface area (Å²) in [6.45, 7) is 4.18. The number of esters is 1. The zero-order chi connectivity index (χ0) is 25.2. The first-order chi connectivity index (χ1) is 16.7. The van der Waals surface area contributed by atoms with Gasteiger partial charge in [0, 0.05) is 24.2 Å². The van der Waals surface area contributed by atoms with Crippen molar-refractivity contribution < 1.29 is 27.5 Å². The third-order valence-electron chi connectivity index (χ3n) is 5.59. The summed E-state index contributed by atoms with van der Waals surface area (Å²) in [6.07, 6.45) is -1.23. The molecule has 11 nitrogen and oxygen atoms in total. The number of sulfonamides is 1. The first-order valence-electron chi connectivity index (χ1n) is 10.9. The topological polar surface area (TPSA) is 148 Å². The summed E-state index contributed by atoms with van der Waals surface area (Å²) in [5, 5.41) is 9.16. The van der Waals surface area contributed by atoms with Gasteiger partial charge in [0.2, 0.25) is 10.0 Å². The van der Waals surface area contributed by atoms with Crippen LogP contribution in [-0.2, 0) is 24.3 Å². The van der Waals surface area contributed by atoms with Gasteiger partial charge in [0.1, 0.15) is 0 Å². The minimum absolute atomic E-state index is 0.0748. The summed E-state index contributed by atoms with van der Waals surface area (Å²) in [4.78, 5) is 37.4. The molecule has 1 aliphatic rings. The highest BCUT2D eigenvalue weighted by Gasteiger charge is 2.28. The van der Waals surface area contributed by atoms with Gasteiger partial charge in [-0.3, -0.25) is 9.59 Å². The second-order valence-electron chi connectivity index (χ2n) is 7.98. The van der Waals surface area contributed by atoms with Crippen LogP contribution in [0.5, 0.6) is 0 Å². The molecule has 0 bridgehead atoms. The van der Waals surface area contributed by atoms with Gasteiger partial charge in [0.05, 0.1) is 23.5 Å². The Labute approximate surface area is 201 Å². The second-order valence-corrected chi connectivity index (χ2v) is 9.89. The highest BCUT2D eigenvalue weighted by molar-refractivity contribution is 7.89. The number of morpholine rings is 1. The summed E-state index contributed by atoms with van der Waals surface area (Å²) in [5.41, 5.74) is 0.187. The van der Waals surface area contributed by atoms with E-state index in [1.165, 1.54) is 17.3 Å². The molecule has 0 radical (unpaired) electrons. The SMILES string of the molecule is Cc1ccc(NC(=O)[C@@H](C)OC(=O)c2n[nH]c(=O)c3ccccc23)cc1S(=O)(=O)N1CCOCC1. The number of aromatic nitrogens is 2. The maximum absolute atomic E-state index is 13.1. The molecule has 3 aromatic rings. The highest BCUT2D eigenvalue weighted by Crippen LogP contribution is 2.24. The number of fused-ring (bicyclic) bond motifs is 1. The van der Waals surface area contributed by atoms with Crippen LogP contribution in [0, 0.1) is 6.92 Å². The van der Waals surface area contributed by atoms with Crippen LogP contribution in [0.2, 0.25) is 0 Å². The number of carbonyl (C=O) groups is 2. The molecular weight excluding hydrogens is 476 g/mol. The number of nitrogens with one attached hydrogen (secondary N) is 2. The van der Waals surface area contributed by atoms with E-state index in [4.69, 9.17) is 9.47 Å². The summed E-state index contributed by atoms with van der Waals surface area (Å²) in [6, 6.07) is 10.9. The normalized spacial score (nSPS) is 15.5. The Hall–Kier alpha value is -3.61. The number of hydrogen-bond donors (Lipinski definition) is 2. The number of amides is 1. The average molecular weight is 501 g/mol. The molecule has 1 atom stereocenters. The van der Waals surface area contributed by atoms with E-state index in [-0.39, 0.29) is 34.8 Å². The average Bonchev–Trinajstić information content (AvgIpc) is 2.86. The van der Waals surface area contributed by atoms with Crippen molar-refractivity contribution in [3.05, 3.63) is 64.1 Å². The quantitative estimate of drug-likeness (QED) is 0.483. The number of hydrogen-bond acceptors (Lipinski definition) is 8. The molecule has 1 aliphatic heterocycles. The Morgan fingerprint density at radius 3 is 2.54 bits per heavy atom. The summed E-state index contributed by atoms with van der Waals surface area (Å²) in [5.74, 6) is -1.55. The number of aryl methyl sites for hydroxylation is 1. The van der Waals surface area contributed by atoms with E-state index in [2.05, 4.69) is 15.5 Å². The molecule has 2 heterocycles. The lowest BCUT2D eigenvalue weighted by molar-refractivity contribution is -0.123. The minimum atomic E-state index is -3.77. The van der Waals surface area contributed by atoms with E-state index in [0.29, 0.717) is 24.2 Å². The predicted molar refractivity (Wildman–Crippen MR) is 127 cm³/mol. The van der Waals surface area contributed by atoms with E-state index in [1.54, 1.807) is 43.3 Å². The van der Waals surface area contributed by atoms with E-state index >= 15 is 0 Å². The fraction of sp³-hybridized carbons (Fsp3) is 0.304. The maximum Gasteiger partial charge on any atom is 0.360 e. The monoisotopic (exact) mass is 500 g/mol. The van der Waals surface area contributed by atoms with Crippen molar-refractivity contribution in [3.8, 4) is 0 Å². The smallest absolute Gasteiger partial charge is 0.360 e. The standard InChI is InChI=1S/C23H24N4O7S/c1-14-7-8-16(13-19(14)35(31,32)27-9-11-33-12-10-27)24-21(28)15(2)34-23(30)20-17-5-3-4-6-18(17)22(29)26-25-20/h3-8,13,15H,9-12H2,1-2H3,(H,24,28)(H,26,29)/t15-/m1/s1. The lowest BCUT2D eigenvalue weighted by Gasteiger charge is -2.27. The zero-order valence-electron chi connectivity index (χ0n) is 19.1. The van der Waals surface area contributed by atoms with Crippen LogP contribution in [0.4, 0.5) is 5.69 Å². The molecule has 35 heavy (non-hydrogen) atoms. The number of H-pyrrole nitrogens is 1. The van der Waals surface area contributed by atoms with Crippen LogP contribution in [0.25, 0.3) is 10.8 Å². The first-order valence-corrected chi connectivity index (χ1v) is 12.3. The largest absolute Gasteiger partial charge is 0.448 e. The van der Waals surface area contributed by atoms with E-state index < -0.39 is 33.6 Å². The van der Waals surface area contributed by atoms with Gasteiger partial charge >= 0.3 is 5.97 Å². The van der Waals surface area contributed by atoms with Crippen LogP contribution in [0.15, 0.2) is 52.2 Å². The molecule has 2 N–H and O–H groups in total. The molecule has 1 saturated heterocycles. The zero-order valence-corrected chi connectivity index (χ0v) is 19.9. The van der Waals surface area contributed by atoms with Crippen molar-refractivity contribution in [2.24, 2.45) is 0 Å². The van der Waals surface area contributed by atoms with Crippen LogP contribution in [0.1, 0.15) is 23.0 Å². The molecule has 12 heteroatoms. The second kappa shape index (κ2) is 9.94. The van der Waals surface area contributed by atoms with Gasteiger partial charge in [-0.2, -0.15) is 9.40 Å². The Kier molecular flexibility index (Phi) is 6.96. The van der Waals surface area contributed by atoms with Gasteiger partial charge in [0.25, 0.3) is 11.5 Å². The fourth-order valence-electron chi connectivity index (χ4n) is 3.67. The number of aromatic amines is 1. The van der Waals surface area contributed by atoms with Crippen molar-refractivity contribution in [2.75, 3.05) is 31.6 Å². The minimum Gasteiger partial charge on any atom is -0.448 e. The van der Waals surface area contributed by atoms with Crippen molar-refractivity contribution in [1.29, 1.82) is 0 Å². The van der Waals surface area contributed by atoms with E-state index in [9.17, 15) is 22.8 Å². The van der Waals surface area contributed by atoms with E-state index in [0.717, 1.165) is 0 Å². The van der Waals surface area contributed by atoms with Crippen LogP contribution >= 0.6 is 0 Å². The highest BCUT2D eigenvalue weighted by atomic mass is 32.2. The number of carbonyl (C=O) groups excluding carboxylic acids is 2. The molecule has 2 aromatic carbocycles. The number of anilines is 1. The Balaban J connectivity index is 1.49. The summed E-state index contributed by atoms with van der Waals surface area (Å²) in [7, 11) is -3.77. The van der Waals surface area contributed by atoms with Gasteiger partial charge in [-0.05, 0) is 37.6 Å². The Morgan fingerprint density at radius 1 is 1.14 bits per heavy atom. The lowest BCUT2D eigenvalue weighted by atomic mass is 10.1. The van der Waals surface area contributed by atoms with Gasteiger partial charge in [0.15, 0.2) is 11.8 Å².